The molecule has 2 amide bonds. The van der Waals surface area contributed by atoms with Crippen LogP contribution in [0.2, 0.25) is 5.02 Å². The van der Waals surface area contributed by atoms with Crippen molar-refractivity contribution in [3.05, 3.63) is 89.3 Å². The highest BCUT2D eigenvalue weighted by Gasteiger charge is 2.32. The van der Waals surface area contributed by atoms with Crippen LogP contribution >= 0.6 is 11.6 Å². The lowest BCUT2D eigenvalue weighted by Crippen LogP contribution is -2.33. The summed E-state index contributed by atoms with van der Waals surface area (Å²) in [6, 6.07) is 13.3. The molecule has 0 unspecified atom stereocenters. The Hall–Kier alpha value is -4.61. The van der Waals surface area contributed by atoms with E-state index in [2.05, 4.69) is 35.6 Å². The van der Waals surface area contributed by atoms with Crippen LogP contribution in [0.5, 0.6) is 0 Å². The summed E-state index contributed by atoms with van der Waals surface area (Å²) < 4.78 is 15.0. The second kappa shape index (κ2) is 10.3. The number of benzene rings is 2. The Morgan fingerprint density at radius 3 is 2.82 bits per heavy atom. The first-order valence-electron chi connectivity index (χ1n) is 12.1. The molecule has 10 nitrogen and oxygen atoms in total. The number of imidazole rings is 1. The lowest BCUT2D eigenvalue weighted by Gasteiger charge is -2.23. The van der Waals surface area contributed by atoms with E-state index in [0.717, 1.165) is 5.56 Å². The molecule has 12 heteroatoms. The summed E-state index contributed by atoms with van der Waals surface area (Å²) >= 11 is 6.27. The number of H-pyrrole nitrogens is 1. The minimum absolute atomic E-state index is 0.0114. The van der Waals surface area contributed by atoms with E-state index in [1.54, 1.807) is 13.0 Å². The number of halogens is 2. The largest absolute Gasteiger partial charge is 0.346 e. The Morgan fingerprint density at radius 1 is 1.13 bits per heavy atom. The Morgan fingerprint density at radius 2 is 1.97 bits per heavy atom. The van der Waals surface area contributed by atoms with Gasteiger partial charge in [0.05, 0.1) is 29.7 Å². The SMILES string of the molecule is Cc1cc(F)c(NC(=O)N2OCC[C@@H]2c2ccccc2)cc1Nc1ncc(Cl)cc1-c1ncnc2[nH]cnc12. The molecule has 1 saturated heterocycles. The van der Waals surface area contributed by atoms with Gasteiger partial charge in [0.2, 0.25) is 0 Å². The van der Waals surface area contributed by atoms with Crippen molar-refractivity contribution in [1.29, 1.82) is 0 Å². The number of anilines is 3. The van der Waals surface area contributed by atoms with Gasteiger partial charge in [0.1, 0.15) is 29.2 Å². The van der Waals surface area contributed by atoms with Crippen LogP contribution in [-0.4, -0.2) is 42.6 Å². The maximum atomic E-state index is 15.0. The number of aryl methyl sites for hydroxylation is 1. The van der Waals surface area contributed by atoms with E-state index in [0.29, 0.717) is 57.5 Å². The third-order valence-electron chi connectivity index (χ3n) is 6.42. The number of aromatic nitrogens is 5. The van der Waals surface area contributed by atoms with Crippen LogP contribution in [0.1, 0.15) is 23.6 Å². The number of pyridine rings is 1. The van der Waals surface area contributed by atoms with Crippen molar-refractivity contribution in [3.8, 4) is 11.3 Å². The van der Waals surface area contributed by atoms with Crippen LogP contribution in [0.3, 0.4) is 0 Å². The van der Waals surface area contributed by atoms with Crippen molar-refractivity contribution in [3.63, 3.8) is 0 Å². The number of carbonyl (C=O) groups excluding carboxylic acids is 1. The van der Waals surface area contributed by atoms with Gasteiger partial charge >= 0.3 is 6.03 Å². The Kier molecular flexibility index (Phi) is 6.51. The summed E-state index contributed by atoms with van der Waals surface area (Å²) in [6.45, 7) is 2.13. The normalized spacial score (nSPS) is 15.1. The van der Waals surface area contributed by atoms with Gasteiger partial charge in [0.25, 0.3) is 0 Å². The smallest absolute Gasteiger partial charge is 0.339 e. The minimum Gasteiger partial charge on any atom is -0.339 e. The number of aromatic amines is 1. The van der Waals surface area contributed by atoms with Crippen LogP contribution in [0.4, 0.5) is 26.4 Å². The maximum Gasteiger partial charge on any atom is 0.346 e. The molecule has 0 radical (unpaired) electrons. The quantitative estimate of drug-likeness (QED) is 0.242. The first kappa shape index (κ1) is 24.7. The van der Waals surface area contributed by atoms with Crippen LogP contribution in [0, 0.1) is 12.7 Å². The molecular weight excluding hydrogens is 523 g/mol. The molecule has 4 heterocycles. The number of carbonyl (C=O) groups is 1. The molecule has 0 aliphatic carbocycles. The van der Waals surface area contributed by atoms with E-state index in [4.69, 9.17) is 16.4 Å². The second-order valence-electron chi connectivity index (χ2n) is 8.95. The number of urea groups is 1. The fourth-order valence-corrected chi connectivity index (χ4v) is 4.69. The zero-order valence-corrected chi connectivity index (χ0v) is 21.4. The lowest BCUT2D eigenvalue weighted by atomic mass is 10.1. The van der Waals surface area contributed by atoms with E-state index < -0.39 is 11.8 Å². The standard InChI is InChI=1S/C27H22ClFN8O2/c1-15-9-19(29)21(36-27(38)37-22(7-8-39-37)16-5-3-2-4-6-16)11-20(15)35-25-18(10-17(28)12-30-25)23-24-26(33-13-31-23)34-14-32-24/h2-6,9-14,22H,7-8H2,1H3,(H,30,35)(H,36,38)(H,31,32,33,34)/t22-/m1/s1. The molecule has 6 rings (SSSR count). The molecule has 3 aromatic heterocycles. The average Bonchev–Trinajstić information content (AvgIpc) is 3.63. The highest BCUT2D eigenvalue weighted by molar-refractivity contribution is 6.30. The number of fused-ring (bicyclic) bond motifs is 1. The number of hydroxylamine groups is 2. The Bertz CT molecular complexity index is 1680. The summed E-state index contributed by atoms with van der Waals surface area (Å²) in [5, 5.41) is 7.55. The maximum absolute atomic E-state index is 15.0. The summed E-state index contributed by atoms with van der Waals surface area (Å²) in [4.78, 5) is 39.0. The zero-order chi connectivity index (χ0) is 26.9. The fourth-order valence-electron chi connectivity index (χ4n) is 4.53. The van der Waals surface area contributed by atoms with Crippen molar-refractivity contribution in [2.24, 2.45) is 0 Å². The van der Waals surface area contributed by atoms with Gasteiger partial charge in [0, 0.05) is 23.9 Å². The van der Waals surface area contributed by atoms with Crippen LogP contribution in [0.15, 0.2) is 67.4 Å². The van der Waals surface area contributed by atoms with Gasteiger partial charge in [-0.05, 0) is 36.2 Å². The summed E-state index contributed by atoms with van der Waals surface area (Å²) in [7, 11) is 0. The van der Waals surface area contributed by atoms with Gasteiger partial charge in [-0.25, -0.2) is 29.1 Å². The first-order chi connectivity index (χ1) is 19.0. The number of hydrogen-bond donors (Lipinski definition) is 3. The molecule has 39 heavy (non-hydrogen) atoms. The van der Waals surface area contributed by atoms with E-state index in [1.165, 1.54) is 36.0 Å². The number of nitrogens with zero attached hydrogens (tertiary/aromatic N) is 5. The second-order valence-corrected chi connectivity index (χ2v) is 9.38. The molecule has 0 bridgehead atoms. The number of hydrogen-bond acceptors (Lipinski definition) is 7. The van der Waals surface area contributed by atoms with Crippen molar-refractivity contribution >= 4 is 46.0 Å². The van der Waals surface area contributed by atoms with E-state index in [9.17, 15) is 4.79 Å². The van der Waals surface area contributed by atoms with E-state index >= 15 is 4.39 Å². The zero-order valence-electron chi connectivity index (χ0n) is 20.7. The highest BCUT2D eigenvalue weighted by Crippen LogP contribution is 2.35. The molecule has 3 N–H and O–H groups in total. The molecule has 1 aliphatic heterocycles. The number of amides is 2. The molecule has 1 aliphatic rings. The number of nitrogens with one attached hydrogen (secondary N) is 3. The molecule has 0 saturated carbocycles. The van der Waals surface area contributed by atoms with Crippen molar-refractivity contribution < 1.29 is 14.0 Å². The molecule has 1 atom stereocenters. The predicted molar refractivity (Wildman–Crippen MR) is 145 cm³/mol. The van der Waals surface area contributed by atoms with Gasteiger partial charge in [-0.15, -0.1) is 0 Å². The summed E-state index contributed by atoms with van der Waals surface area (Å²) in [5.74, 6) is -0.165. The molecule has 196 valence electrons. The van der Waals surface area contributed by atoms with Crippen LogP contribution in [0.25, 0.3) is 22.4 Å². The molecule has 0 spiro atoms. The van der Waals surface area contributed by atoms with Gasteiger partial charge in [-0.1, -0.05) is 41.9 Å². The topological polar surface area (TPSA) is 121 Å². The number of rotatable bonds is 5. The third kappa shape index (κ3) is 4.85. The van der Waals surface area contributed by atoms with Crippen LogP contribution in [-0.2, 0) is 4.84 Å². The van der Waals surface area contributed by atoms with Crippen LogP contribution < -0.4 is 10.6 Å². The third-order valence-corrected chi connectivity index (χ3v) is 6.63. The minimum atomic E-state index is -0.583. The molecule has 1 fully saturated rings. The Labute approximate surface area is 227 Å². The molecule has 2 aromatic carbocycles. The molecule has 5 aromatic rings. The Balaban J connectivity index is 1.30. The van der Waals surface area contributed by atoms with Gasteiger partial charge in [-0.2, -0.15) is 5.06 Å². The van der Waals surface area contributed by atoms with Gasteiger partial charge in [0.15, 0.2) is 5.65 Å². The molecular formula is C27H22ClFN8O2. The van der Waals surface area contributed by atoms with Crippen molar-refractivity contribution in [1.82, 2.24) is 30.0 Å². The van der Waals surface area contributed by atoms with Gasteiger partial charge in [-0.3, -0.25) is 4.84 Å². The first-order valence-corrected chi connectivity index (χ1v) is 12.5. The predicted octanol–water partition coefficient (Wildman–Crippen LogP) is 6.17. The average molecular weight is 545 g/mol. The van der Waals surface area contributed by atoms with Crippen molar-refractivity contribution in [2.75, 3.05) is 17.2 Å². The fraction of sp³-hybridized carbons (Fsp3) is 0.148. The highest BCUT2D eigenvalue weighted by atomic mass is 35.5. The van der Waals surface area contributed by atoms with E-state index in [1.807, 2.05) is 30.3 Å². The lowest BCUT2D eigenvalue weighted by molar-refractivity contribution is -0.0830. The summed E-state index contributed by atoms with van der Waals surface area (Å²) in [5.41, 5.74) is 4.26. The monoisotopic (exact) mass is 544 g/mol. The van der Waals surface area contributed by atoms with E-state index in [-0.39, 0.29) is 11.7 Å². The summed E-state index contributed by atoms with van der Waals surface area (Å²) in [6.07, 6.45) is 5.07. The van der Waals surface area contributed by atoms with Crippen molar-refractivity contribution in [2.45, 2.75) is 19.4 Å². The van der Waals surface area contributed by atoms with Gasteiger partial charge < -0.3 is 15.6 Å².